The van der Waals surface area contributed by atoms with Crippen LogP contribution >= 0.6 is 11.3 Å². The molecule has 0 aliphatic carbocycles. The summed E-state index contributed by atoms with van der Waals surface area (Å²) in [5.74, 6) is 2.50. The van der Waals surface area contributed by atoms with E-state index >= 15 is 0 Å². The number of aryl methyl sites for hydroxylation is 1. The number of aromatic nitrogens is 1. The van der Waals surface area contributed by atoms with Crippen LogP contribution < -0.4 is 5.32 Å². The van der Waals surface area contributed by atoms with E-state index in [2.05, 4.69) is 52.7 Å². The largest absolute Gasteiger partial charge is 0.357 e. The molecule has 0 bridgehead atoms. The number of piperazine rings is 1. The van der Waals surface area contributed by atoms with Gasteiger partial charge in [-0.15, -0.1) is 11.3 Å². The van der Waals surface area contributed by atoms with Crippen LogP contribution in [0, 0.1) is 18.8 Å². The van der Waals surface area contributed by atoms with Gasteiger partial charge >= 0.3 is 0 Å². The summed E-state index contributed by atoms with van der Waals surface area (Å²) in [5.41, 5.74) is 0. The first kappa shape index (κ1) is 23.0. The molecule has 8 heteroatoms. The molecule has 2 aliphatic heterocycles. The Labute approximate surface area is 185 Å². The van der Waals surface area contributed by atoms with Gasteiger partial charge < -0.3 is 15.1 Å². The molecule has 1 amide bonds. The van der Waals surface area contributed by atoms with Gasteiger partial charge in [0, 0.05) is 69.9 Å². The number of hydrogen-bond acceptors (Lipinski definition) is 5. The van der Waals surface area contributed by atoms with Gasteiger partial charge in [-0.25, -0.2) is 4.98 Å². The van der Waals surface area contributed by atoms with E-state index < -0.39 is 0 Å². The molecule has 2 unspecified atom stereocenters. The van der Waals surface area contributed by atoms with E-state index in [1.807, 2.05) is 6.20 Å². The second-order valence-corrected chi connectivity index (χ2v) is 10.2. The molecule has 0 spiro atoms. The molecule has 2 aliphatic rings. The van der Waals surface area contributed by atoms with Crippen LogP contribution in [-0.4, -0.2) is 90.5 Å². The van der Waals surface area contributed by atoms with Crippen LogP contribution in [0.4, 0.5) is 0 Å². The lowest BCUT2D eigenvalue weighted by Crippen LogP contribution is -2.55. The van der Waals surface area contributed by atoms with Gasteiger partial charge in [-0.3, -0.25) is 14.7 Å². The topological polar surface area (TPSA) is 64.1 Å². The predicted molar refractivity (Wildman–Crippen MR) is 124 cm³/mol. The van der Waals surface area contributed by atoms with Crippen LogP contribution in [0.25, 0.3) is 0 Å². The highest BCUT2D eigenvalue weighted by Crippen LogP contribution is 2.21. The van der Waals surface area contributed by atoms with Gasteiger partial charge in [0.25, 0.3) is 0 Å². The van der Waals surface area contributed by atoms with Gasteiger partial charge in [-0.1, -0.05) is 13.8 Å². The van der Waals surface area contributed by atoms with Gasteiger partial charge in [-0.2, -0.15) is 0 Å². The maximum Gasteiger partial charge on any atom is 0.236 e. The summed E-state index contributed by atoms with van der Waals surface area (Å²) in [6, 6.07) is 0. The lowest BCUT2D eigenvalue weighted by Gasteiger charge is -2.39. The smallest absolute Gasteiger partial charge is 0.236 e. The quantitative estimate of drug-likeness (QED) is 0.549. The number of carbonyl (C=O) groups is 1. The molecular weight excluding hydrogens is 396 g/mol. The Hall–Kier alpha value is -1.67. The molecule has 30 heavy (non-hydrogen) atoms. The first-order chi connectivity index (χ1) is 14.4. The number of nitrogens with one attached hydrogen (secondary N) is 1. The second-order valence-electron chi connectivity index (χ2n) is 8.86. The van der Waals surface area contributed by atoms with Crippen LogP contribution in [-0.2, 0) is 11.2 Å². The maximum absolute atomic E-state index is 12.8. The molecule has 0 aromatic carbocycles. The van der Waals surface area contributed by atoms with E-state index in [0.29, 0.717) is 24.3 Å². The first-order valence-electron chi connectivity index (χ1n) is 11.4. The Bertz CT molecular complexity index is 702. The van der Waals surface area contributed by atoms with Crippen LogP contribution in [0.1, 0.15) is 37.1 Å². The van der Waals surface area contributed by atoms with Crippen LogP contribution in [0.2, 0.25) is 0 Å². The molecule has 7 nitrogen and oxygen atoms in total. The monoisotopic (exact) mass is 434 g/mol. The molecule has 2 saturated heterocycles. The highest BCUT2D eigenvalue weighted by molar-refractivity contribution is 7.11. The minimum atomic E-state index is 0.293. The summed E-state index contributed by atoms with van der Waals surface area (Å²) < 4.78 is 0. The molecule has 1 aromatic heterocycles. The van der Waals surface area contributed by atoms with E-state index in [4.69, 9.17) is 4.99 Å². The zero-order chi connectivity index (χ0) is 21.5. The van der Waals surface area contributed by atoms with E-state index in [9.17, 15) is 4.79 Å². The molecule has 2 fully saturated rings. The van der Waals surface area contributed by atoms with Crippen LogP contribution in [0.3, 0.4) is 0 Å². The van der Waals surface area contributed by atoms with Crippen molar-refractivity contribution in [3.8, 4) is 0 Å². The zero-order valence-electron chi connectivity index (χ0n) is 19.1. The van der Waals surface area contributed by atoms with Crippen molar-refractivity contribution in [3.63, 3.8) is 0 Å². The number of hydrogen-bond donors (Lipinski definition) is 1. The Balaban J connectivity index is 1.46. The number of carbonyl (C=O) groups excluding carboxylic acids is 1. The average Bonchev–Trinajstić information content (AvgIpc) is 3.12. The molecule has 168 valence electrons. The number of amides is 1. The minimum Gasteiger partial charge on any atom is -0.357 e. The third-order valence-corrected chi connectivity index (χ3v) is 6.82. The standard InChI is InChI=1S/C22H38N6OS/c1-5-23-22(24-7-6-20-25-13-19(4)30-20)27-10-8-26(9-11-27)16-21(29)28-14-17(2)12-18(3)15-28/h13,17-18H,5-12,14-16H2,1-4H3,(H,23,24). The number of likely N-dealkylation sites (tertiary alicyclic amines) is 1. The third-order valence-electron chi connectivity index (χ3n) is 5.84. The van der Waals surface area contributed by atoms with Crippen molar-refractivity contribution in [2.24, 2.45) is 16.8 Å². The number of aliphatic imine (C=N–C) groups is 1. The fourth-order valence-corrected chi connectivity index (χ4v) is 5.25. The number of thiazole rings is 1. The van der Waals surface area contributed by atoms with Crippen molar-refractivity contribution in [2.75, 3.05) is 58.9 Å². The fourth-order valence-electron chi connectivity index (χ4n) is 4.48. The normalized spacial score (nSPS) is 23.7. The Morgan fingerprint density at radius 3 is 2.50 bits per heavy atom. The van der Waals surface area contributed by atoms with E-state index in [1.54, 1.807) is 11.3 Å². The molecule has 0 saturated carbocycles. The van der Waals surface area contributed by atoms with Crippen LogP contribution in [0.5, 0.6) is 0 Å². The number of guanidine groups is 1. The van der Waals surface area contributed by atoms with Gasteiger partial charge in [0.05, 0.1) is 11.6 Å². The Morgan fingerprint density at radius 2 is 1.90 bits per heavy atom. The number of nitrogens with zero attached hydrogens (tertiary/aromatic N) is 5. The highest BCUT2D eigenvalue weighted by atomic mass is 32.1. The SMILES string of the molecule is CCNC(=NCCc1ncc(C)s1)N1CCN(CC(=O)N2CC(C)CC(C)C2)CC1. The molecular formula is C22H38N6OS. The molecule has 3 rings (SSSR count). The van der Waals surface area contributed by atoms with E-state index in [0.717, 1.165) is 69.7 Å². The number of piperidine rings is 1. The molecule has 0 radical (unpaired) electrons. The van der Waals surface area contributed by atoms with Crippen molar-refractivity contribution < 1.29 is 4.79 Å². The summed E-state index contributed by atoms with van der Waals surface area (Å²) in [6.45, 7) is 16.3. The van der Waals surface area contributed by atoms with Gasteiger partial charge in [0.1, 0.15) is 0 Å². The third kappa shape index (κ3) is 6.67. The molecule has 1 aromatic rings. The molecule has 2 atom stereocenters. The maximum atomic E-state index is 12.8. The predicted octanol–water partition coefficient (Wildman–Crippen LogP) is 2.08. The Kier molecular flexibility index (Phi) is 8.50. The fraction of sp³-hybridized carbons (Fsp3) is 0.773. The summed E-state index contributed by atoms with van der Waals surface area (Å²) in [6.07, 6.45) is 4.05. The van der Waals surface area contributed by atoms with Crippen molar-refractivity contribution in [1.29, 1.82) is 0 Å². The lowest BCUT2D eigenvalue weighted by atomic mass is 9.92. The summed E-state index contributed by atoms with van der Waals surface area (Å²) in [5, 5.41) is 4.58. The highest BCUT2D eigenvalue weighted by Gasteiger charge is 2.28. The van der Waals surface area contributed by atoms with Gasteiger partial charge in [0.2, 0.25) is 5.91 Å². The summed E-state index contributed by atoms with van der Waals surface area (Å²) in [4.78, 5) is 30.0. The van der Waals surface area contributed by atoms with E-state index in [1.165, 1.54) is 11.3 Å². The minimum absolute atomic E-state index is 0.293. The van der Waals surface area contributed by atoms with Crippen molar-refractivity contribution in [1.82, 2.24) is 25.0 Å². The van der Waals surface area contributed by atoms with Crippen LogP contribution in [0.15, 0.2) is 11.2 Å². The van der Waals surface area contributed by atoms with Crippen molar-refractivity contribution >= 4 is 23.2 Å². The van der Waals surface area contributed by atoms with Crippen molar-refractivity contribution in [2.45, 2.75) is 40.5 Å². The number of rotatable bonds is 6. The van der Waals surface area contributed by atoms with Gasteiger partial charge in [0.15, 0.2) is 5.96 Å². The van der Waals surface area contributed by atoms with Crippen molar-refractivity contribution in [3.05, 3.63) is 16.1 Å². The van der Waals surface area contributed by atoms with Gasteiger partial charge in [-0.05, 0) is 32.1 Å². The first-order valence-corrected chi connectivity index (χ1v) is 12.2. The average molecular weight is 435 g/mol. The zero-order valence-corrected chi connectivity index (χ0v) is 19.9. The summed E-state index contributed by atoms with van der Waals surface area (Å²) in [7, 11) is 0. The van der Waals surface area contributed by atoms with E-state index in [-0.39, 0.29) is 0 Å². The molecule has 3 heterocycles. The second kappa shape index (κ2) is 11.1. The Morgan fingerprint density at radius 1 is 1.20 bits per heavy atom. The summed E-state index contributed by atoms with van der Waals surface area (Å²) >= 11 is 1.75. The molecule has 1 N–H and O–H groups in total. The lowest BCUT2D eigenvalue weighted by molar-refractivity contribution is -0.135.